The zero-order chi connectivity index (χ0) is 8.85. The lowest BCUT2D eigenvalue weighted by atomic mass is 9.91. The molecule has 0 amide bonds. The summed E-state index contributed by atoms with van der Waals surface area (Å²) < 4.78 is 0. The van der Waals surface area contributed by atoms with Gasteiger partial charge in [-0.1, -0.05) is 27.7 Å². The highest BCUT2D eigenvalue weighted by atomic mass is 14.9. The Morgan fingerprint density at radius 1 is 1.09 bits per heavy atom. The third kappa shape index (κ3) is 4.41. The lowest BCUT2D eigenvalue weighted by molar-refractivity contribution is 0.316. The Morgan fingerprint density at radius 3 is 2.00 bits per heavy atom. The van der Waals surface area contributed by atoms with E-state index in [-0.39, 0.29) is 0 Å². The summed E-state index contributed by atoms with van der Waals surface area (Å²) in [5.74, 6) is 1.57. The average molecular weight is 157 g/mol. The molecule has 1 nitrogen and oxygen atoms in total. The first kappa shape index (κ1) is 11.0. The third-order valence-electron chi connectivity index (χ3n) is 2.56. The van der Waals surface area contributed by atoms with Crippen LogP contribution in [0.2, 0.25) is 0 Å². The number of nitrogens with one attached hydrogen (secondary N) is 1. The quantitative estimate of drug-likeness (QED) is 0.647. The number of rotatable bonds is 5. The molecule has 0 saturated carbocycles. The highest BCUT2D eigenvalue weighted by Gasteiger charge is 2.13. The summed E-state index contributed by atoms with van der Waals surface area (Å²) >= 11 is 0. The molecule has 0 spiro atoms. The van der Waals surface area contributed by atoms with Gasteiger partial charge in [-0.25, -0.2) is 0 Å². The zero-order valence-corrected chi connectivity index (χ0v) is 8.65. The van der Waals surface area contributed by atoms with E-state index in [9.17, 15) is 0 Å². The molecule has 0 aliphatic heterocycles. The van der Waals surface area contributed by atoms with E-state index in [4.69, 9.17) is 0 Å². The van der Waals surface area contributed by atoms with E-state index in [1.54, 1.807) is 0 Å². The summed E-state index contributed by atoms with van der Waals surface area (Å²) in [6.45, 7) is 12.5. The molecule has 0 bridgehead atoms. The molecule has 0 aromatic rings. The summed E-state index contributed by atoms with van der Waals surface area (Å²) in [7, 11) is 0. The van der Waals surface area contributed by atoms with Gasteiger partial charge in [-0.3, -0.25) is 0 Å². The fourth-order valence-corrected chi connectivity index (χ4v) is 1.14. The molecule has 0 rings (SSSR count). The predicted octanol–water partition coefficient (Wildman–Crippen LogP) is 2.67. The van der Waals surface area contributed by atoms with Crippen LogP contribution in [0.1, 0.15) is 41.0 Å². The van der Waals surface area contributed by atoms with Gasteiger partial charge in [0, 0.05) is 6.04 Å². The third-order valence-corrected chi connectivity index (χ3v) is 2.56. The van der Waals surface area contributed by atoms with Crippen LogP contribution in [0.5, 0.6) is 0 Å². The molecule has 0 saturated heterocycles. The van der Waals surface area contributed by atoms with E-state index in [1.807, 2.05) is 0 Å². The molecule has 0 fully saturated rings. The smallest absolute Gasteiger partial charge is 0.00667 e. The van der Waals surface area contributed by atoms with Crippen LogP contribution in [0.4, 0.5) is 0 Å². The second kappa shape index (κ2) is 5.59. The van der Waals surface area contributed by atoms with Gasteiger partial charge in [0.1, 0.15) is 0 Å². The standard InChI is InChI=1S/C10H23N/c1-6-7-11-10(5)9(4)8(2)3/h8-11H,6-7H2,1-5H3. The van der Waals surface area contributed by atoms with Gasteiger partial charge in [-0.2, -0.15) is 0 Å². The van der Waals surface area contributed by atoms with E-state index >= 15 is 0 Å². The van der Waals surface area contributed by atoms with Crippen molar-refractivity contribution in [3.63, 3.8) is 0 Å². The zero-order valence-electron chi connectivity index (χ0n) is 8.65. The molecule has 0 aromatic carbocycles. The van der Waals surface area contributed by atoms with E-state index in [2.05, 4.69) is 39.9 Å². The molecule has 1 heteroatoms. The maximum Gasteiger partial charge on any atom is 0.00667 e. The summed E-state index contributed by atoms with van der Waals surface area (Å²) in [6, 6.07) is 0.662. The Balaban J connectivity index is 3.55. The van der Waals surface area contributed by atoms with Crippen molar-refractivity contribution in [2.45, 2.75) is 47.1 Å². The lowest BCUT2D eigenvalue weighted by Gasteiger charge is -2.24. The van der Waals surface area contributed by atoms with Crippen molar-refractivity contribution in [1.29, 1.82) is 0 Å². The monoisotopic (exact) mass is 157 g/mol. The van der Waals surface area contributed by atoms with Gasteiger partial charge in [-0.15, -0.1) is 0 Å². The summed E-state index contributed by atoms with van der Waals surface area (Å²) in [6.07, 6.45) is 1.23. The number of hydrogen-bond donors (Lipinski definition) is 1. The molecule has 0 aliphatic carbocycles. The Kier molecular flexibility index (Phi) is 5.57. The van der Waals surface area contributed by atoms with Crippen molar-refractivity contribution in [1.82, 2.24) is 5.32 Å². The van der Waals surface area contributed by atoms with Gasteiger partial charge in [0.15, 0.2) is 0 Å². The van der Waals surface area contributed by atoms with Crippen molar-refractivity contribution in [2.24, 2.45) is 11.8 Å². The first-order valence-electron chi connectivity index (χ1n) is 4.83. The fraction of sp³-hybridized carbons (Fsp3) is 1.00. The van der Waals surface area contributed by atoms with Crippen LogP contribution in [0.3, 0.4) is 0 Å². The first-order valence-corrected chi connectivity index (χ1v) is 4.83. The van der Waals surface area contributed by atoms with Gasteiger partial charge in [0.05, 0.1) is 0 Å². The van der Waals surface area contributed by atoms with E-state index < -0.39 is 0 Å². The summed E-state index contributed by atoms with van der Waals surface area (Å²) in [5, 5.41) is 3.51. The van der Waals surface area contributed by atoms with Crippen LogP contribution in [0.15, 0.2) is 0 Å². The van der Waals surface area contributed by atoms with Crippen LogP contribution >= 0.6 is 0 Å². The average Bonchev–Trinajstić information content (AvgIpc) is 1.98. The normalized spacial score (nSPS) is 16.9. The maximum absolute atomic E-state index is 3.51. The Bertz CT molecular complexity index is 88.9. The minimum absolute atomic E-state index is 0.662. The topological polar surface area (TPSA) is 12.0 Å². The maximum atomic E-state index is 3.51. The molecule has 11 heavy (non-hydrogen) atoms. The second-order valence-corrected chi connectivity index (χ2v) is 3.85. The van der Waals surface area contributed by atoms with Gasteiger partial charge in [0.25, 0.3) is 0 Å². The van der Waals surface area contributed by atoms with Crippen LogP contribution in [-0.2, 0) is 0 Å². The molecule has 0 aliphatic rings. The van der Waals surface area contributed by atoms with Crippen LogP contribution in [0.25, 0.3) is 0 Å². The molecule has 68 valence electrons. The SMILES string of the molecule is CCCNC(C)C(C)C(C)C. The Morgan fingerprint density at radius 2 is 1.64 bits per heavy atom. The highest BCUT2D eigenvalue weighted by Crippen LogP contribution is 2.13. The fourth-order valence-electron chi connectivity index (χ4n) is 1.14. The molecule has 0 heterocycles. The minimum Gasteiger partial charge on any atom is -0.314 e. The molecular weight excluding hydrogens is 134 g/mol. The minimum atomic E-state index is 0.662. The Labute approximate surface area is 71.6 Å². The highest BCUT2D eigenvalue weighted by molar-refractivity contribution is 4.70. The Hall–Kier alpha value is -0.0400. The van der Waals surface area contributed by atoms with Crippen molar-refractivity contribution in [2.75, 3.05) is 6.54 Å². The molecular formula is C10H23N. The molecule has 0 radical (unpaired) electrons. The van der Waals surface area contributed by atoms with Crippen molar-refractivity contribution >= 4 is 0 Å². The van der Waals surface area contributed by atoms with Crippen LogP contribution in [-0.4, -0.2) is 12.6 Å². The lowest BCUT2D eigenvalue weighted by Crippen LogP contribution is -2.34. The molecule has 2 unspecified atom stereocenters. The van der Waals surface area contributed by atoms with Gasteiger partial charge >= 0.3 is 0 Å². The van der Waals surface area contributed by atoms with Crippen molar-refractivity contribution in [3.8, 4) is 0 Å². The van der Waals surface area contributed by atoms with Crippen LogP contribution in [0, 0.1) is 11.8 Å². The van der Waals surface area contributed by atoms with Crippen molar-refractivity contribution < 1.29 is 0 Å². The summed E-state index contributed by atoms with van der Waals surface area (Å²) in [4.78, 5) is 0. The molecule has 0 aromatic heterocycles. The molecule has 1 N–H and O–H groups in total. The second-order valence-electron chi connectivity index (χ2n) is 3.85. The van der Waals surface area contributed by atoms with E-state index in [0.29, 0.717) is 6.04 Å². The van der Waals surface area contributed by atoms with Crippen LogP contribution < -0.4 is 5.32 Å². The largest absolute Gasteiger partial charge is 0.314 e. The molecule has 2 atom stereocenters. The predicted molar refractivity (Wildman–Crippen MR) is 51.8 cm³/mol. The first-order chi connectivity index (χ1) is 5.09. The van der Waals surface area contributed by atoms with Gasteiger partial charge < -0.3 is 5.32 Å². The van der Waals surface area contributed by atoms with Crippen molar-refractivity contribution in [3.05, 3.63) is 0 Å². The van der Waals surface area contributed by atoms with Gasteiger partial charge in [0.2, 0.25) is 0 Å². The van der Waals surface area contributed by atoms with Gasteiger partial charge in [-0.05, 0) is 31.7 Å². The van der Waals surface area contributed by atoms with E-state index in [1.165, 1.54) is 6.42 Å². The van der Waals surface area contributed by atoms with E-state index in [0.717, 1.165) is 18.4 Å². The number of hydrogen-bond acceptors (Lipinski definition) is 1. The summed E-state index contributed by atoms with van der Waals surface area (Å²) in [5.41, 5.74) is 0.